The number of hydrogen-bond acceptors (Lipinski definition) is 6. The molecular weight excluding hydrogens is 583 g/mol. The molecular formula is C35H52Cl2N2O4. The van der Waals surface area contributed by atoms with Crippen LogP contribution < -0.4 is 9.47 Å². The molecule has 2 aliphatic rings. The Bertz CT molecular complexity index is 979. The molecule has 2 heterocycles. The van der Waals surface area contributed by atoms with E-state index in [2.05, 4.69) is 23.6 Å². The zero-order chi connectivity index (χ0) is 28.9. The third-order valence-electron chi connectivity index (χ3n) is 8.44. The van der Waals surface area contributed by atoms with E-state index in [1.165, 1.54) is 25.7 Å². The summed E-state index contributed by atoms with van der Waals surface area (Å²) in [7, 11) is 0. The lowest BCUT2D eigenvalue weighted by Gasteiger charge is -2.36. The minimum absolute atomic E-state index is 0. The van der Waals surface area contributed by atoms with Gasteiger partial charge in [-0.05, 0) is 120 Å². The third kappa shape index (κ3) is 11.1. The van der Waals surface area contributed by atoms with Crippen LogP contribution >= 0.6 is 24.8 Å². The number of carbonyl (C=O) groups excluding carboxylic acids is 2. The Morgan fingerprint density at radius 3 is 1.21 bits per heavy atom. The fourth-order valence-corrected chi connectivity index (χ4v) is 6.12. The molecule has 0 aliphatic carbocycles. The monoisotopic (exact) mass is 634 g/mol. The Balaban J connectivity index is 0.00000323. The van der Waals surface area contributed by atoms with E-state index in [-0.39, 0.29) is 48.5 Å². The molecule has 0 spiro atoms. The van der Waals surface area contributed by atoms with E-state index < -0.39 is 0 Å². The fourth-order valence-electron chi connectivity index (χ4n) is 6.12. The minimum atomic E-state index is -0.333. The Morgan fingerprint density at radius 1 is 0.581 bits per heavy atom. The molecule has 2 aromatic rings. The number of Topliss-reactive ketones (excluding diaryl/α,β-unsaturated/α-hetero) is 2. The van der Waals surface area contributed by atoms with E-state index in [1.54, 1.807) is 0 Å². The predicted molar refractivity (Wildman–Crippen MR) is 180 cm³/mol. The summed E-state index contributed by atoms with van der Waals surface area (Å²) in [5.74, 6) is 1.81. The van der Waals surface area contributed by atoms with Crippen LogP contribution in [0.4, 0.5) is 0 Å². The Kier molecular flexibility index (Phi) is 17.3. The van der Waals surface area contributed by atoms with Gasteiger partial charge in [0.1, 0.15) is 11.5 Å². The van der Waals surface area contributed by atoms with Crippen LogP contribution in [0.1, 0.15) is 105 Å². The highest BCUT2D eigenvalue weighted by atomic mass is 35.5. The predicted octanol–water partition coefficient (Wildman–Crippen LogP) is 8.05. The van der Waals surface area contributed by atoms with Crippen LogP contribution in [0.3, 0.4) is 0 Å². The van der Waals surface area contributed by atoms with Crippen molar-refractivity contribution in [3.8, 4) is 11.5 Å². The molecule has 2 aliphatic heterocycles. The van der Waals surface area contributed by atoms with Gasteiger partial charge in [-0.3, -0.25) is 19.4 Å². The first-order chi connectivity index (χ1) is 20.1. The van der Waals surface area contributed by atoms with Crippen molar-refractivity contribution in [1.82, 2.24) is 9.80 Å². The number of ether oxygens (including phenoxy) is 2. The topological polar surface area (TPSA) is 59.1 Å². The fraction of sp³-hybridized carbons (Fsp3) is 0.600. The molecule has 6 nitrogen and oxygen atoms in total. The smallest absolute Gasteiger partial charge is 0.180 e. The number of nitrogens with zero attached hydrogens (tertiary/aromatic N) is 2. The second-order valence-electron chi connectivity index (χ2n) is 11.6. The number of rotatable bonds is 14. The molecule has 2 aromatic carbocycles. The number of hydrogen-bond donors (Lipinski definition) is 0. The third-order valence-corrected chi connectivity index (χ3v) is 8.44. The number of likely N-dealkylation sites (tertiary alicyclic amines) is 2. The number of halogens is 2. The highest BCUT2D eigenvalue weighted by Crippen LogP contribution is 2.26. The summed E-state index contributed by atoms with van der Waals surface area (Å²) >= 11 is 0. The maximum atomic E-state index is 14.2. The Hall–Kier alpha value is -2.12. The summed E-state index contributed by atoms with van der Waals surface area (Å²) in [5.41, 5.74) is 1.39. The molecule has 2 atom stereocenters. The maximum absolute atomic E-state index is 14.2. The van der Waals surface area contributed by atoms with E-state index in [0.29, 0.717) is 30.8 Å². The summed E-state index contributed by atoms with van der Waals surface area (Å²) in [6.07, 6.45) is 11.6. The summed E-state index contributed by atoms with van der Waals surface area (Å²) in [5, 5.41) is 0. The van der Waals surface area contributed by atoms with Gasteiger partial charge < -0.3 is 9.47 Å². The molecule has 0 N–H and O–H groups in total. The summed E-state index contributed by atoms with van der Waals surface area (Å²) in [6.45, 7) is 9.10. The molecule has 8 heteroatoms. The van der Waals surface area contributed by atoms with Gasteiger partial charge in [-0.2, -0.15) is 0 Å². The molecule has 2 unspecified atom stereocenters. The highest BCUT2D eigenvalue weighted by molar-refractivity contribution is 6.03. The summed E-state index contributed by atoms with van der Waals surface area (Å²) < 4.78 is 11.5. The van der Waals surface area contributed by atoms with Gasteiger partial charge >= 0.3 is 0 Å². The quantitative estimate of drug-likeness (QED) is 0.196. The first kappa shape index (κ1) is 37.1. The number of carbonyl (C=O) groups is 2. The van der Waals surface area contributed by atoms with Crippen LogP contribution in [0, 0.1) is 0 Å². The molecule has 2 fully saturated rings. The molecule has 2 saturated heterocycles. The van der Waals surface area contributed by atoms with Crippen LogP contribution in [0.2, 0.25) is 0 Å². The van der Waals surface area contributed by atoms with E-state index in [1.807, 2.05) is 48.5 Å². The summed E-state index contributed by atoms with van der Waals surface area (Å²) in [6, 6.07) is 14.5. The highest BCUT2D eigenvalue weighted by Gasteiger charge is 2.36. The van der Waals surface area contributed by atoms with Crippen LogP contribution in [-0.2, 0) is 0 Å². The van der Waals surface area contributed by atoms with Crippen LogP contribution in [0.15, 0.2) is 48.5 Å². The van der Waals surface area contributed by atoms with Crippen molar-refractivity contribution >= 4 is 36.4 Å². The Morgan fingerprint density at radius 2 is 0.907 bits per heavy atom. The van der Waals surface area contributed by atoms with Crippen LogP contribution in [0.5, 0.6) is 11.5 Å². The zero-order valence-corrected chi connectivity index (χ0v) is 27.8. The average molecular weight is 636 g/mol. The molecule has 0 amide bonds. The van der Waals surface area contributed by atoms with E-state index in [0.717, 1.165) is 76.2 Å². The van der Waals surface area contributed by atoms with Crippen LogP contribution in [-0.4, -0.2) is 72.8 Å². The molecule has 0 radical (unpaired) electrons. The maximum Gasteiger partial charge on any atom is 0.180 e. The van der Waals surface area contributed by atoms with E-state index >= 15 is 0 Å². The summed E-state index contributed by atoms with van der Waals surface area (Å²) in [4.78, 5) is 33.2. The molecule has 0 bridgehead atoms. The molecule has 0 saturated carbocycles. The van der Waals surface area contributed by atoms with Gasteiger partial charge in [0.15, 0.2) is 11.6 Å². The second-order valence-corrected chi connectivity index (χ2v) is 11.6. The van der Waals surface area contributed by atoms with Crippen molar-refractivity contribution in [1.29, 1.82) is 0 Å². The largest absolute Gasteiger partial charge is 0.494 e. The van der Waals surface area contributed by atoms with Gasteiger partial charge in [0, 0.05) is 11.1 Å². The SMILES string of the molecule is CCCOc1ccc(C(=O)C(CC(C(=O)c2ccc(OCCC)cc2)N2CCCCCC2)N2CCCCCC2)cc1.Cl.Cl. The van der Waals surface area contributed by atoms with Crippen molar-refractivity contribution in [2.45, 2.75) is 96.6 Å². The van der Waals surface area contributed by atoms with Gasteiger partial charge in [-0.25, -0.2) is 0 Å². The lowest BCUT2D eigenvalue weighted by molar-refractivity contribution is 0.0656. The van der Waals surface area contributed by atoms with Gasteiger partial charge in [-0.15, -0.1) is 24.8 Å². The molecule has 43 heavy (non-hydrogen) atoms. The lowest BCUT2D eigenvalue weighted by atomic mass is 9.91. The lowest BCUT2D eigenvalue weighted by Crippen LogP contribution is -2.50. The van der Waals surface area contributed by atoms with Gasteiger partial charge in [0.05, 0.1) is 25.3 Å². The van der Waals surface area contributed by atoms with Crippen molar-refractivity contribution in [3.05, 3.63) is 59.7 Å². The van der Waals surface area contributed by atoms with Crippen molar-refractivity contribution < 1.29 is 19.1 Å². The molecule has 0 aromatic heterocycles. The molecule has 4 rings (SSSR count). The number of benzene rings is 2. The van der Waals surface area contributed by atoms with Gasteiger partial charge in [-0.1, -0.05) is 39.5 Å². The first-order valence-corrected chi connectivity index (χ1v) is 16.1. The van der Waals surface area contributed by atoms with Crippen molar-refractivity contribution in [2.75, 3.05) is 39.4 Å². The molecule has 240 valence electrons. The minimum Gasteiger partial charge on any atom is -0.494 e. The second kappa shape index (κ2) is 20.0. The van der Waals surface area contributed by atoms with Crippen molar-refractivity contribution in [3.63, 3.8) is 0 Å². The van der Waals surface area contributed by atoms with E-state index in [4.69, 9.17) is 9.47 Å². The van der Waals surface area contributed by atoms with Gasteiger partial charge in [0.2, 0.25) is 0 Å². The van der Waals surface area contributed by atoms with Crippen molar-refractivity contribution in [2.24, 2.45) is 0 Å². The number of ketones is 2. The normalized spacial score (nSPS) is 17.7. The van der Waals surface area contributed by atoms with Crippen LogP contribution in [0.25, 0.3) is 0 Å². The van der Waals surface area contributed by atoms with Gasteiger partial charge in [0.25, 0.3) is 0 Å². The standard InChI is InChI=1S/C35H50N2O4.2ClH/c1-3-25-40-30-17-13-28(14-18-30)34(38)32(36-21-9-5-6-10-22-36)27-33(37-23-11-7-8-12-24-37)35(39)29-15-19-31(20-16-29)41-26-4-2;;/h13-20,32-33H,3-12,21-27H2,1-2H3;2*1H. The van der Waals surface area contributed by atoms with E-state index in [9.17, 15) is 9.59 Å². The first-order valence-electron chi connectivity index (χ1n) is 16.1. The zero-order valence-electron chi connectivity index (χ0n) is 26.1. The Labute approximate surface area is 271 Å². The average Bonchev–Trinajstić information content (AvgIpc) is 3.45.